The summed E-state index contributed by atoms with van der Waals surface area (Å²) < 4.78 is 18.8. The third-order valence-corrected chi connectivity index (χ3v) is 19.3. The van der Waals surface area contributed by atoms with Crippen LogP contribution in [-0.4, -0.2) is 91.6 Å². The molecule has 374 valence electrons. The van der Waals surface area contributed by atoms with Gasteiger partial charge in [0.15, 0.2) is 11.6 Å². The van der Waals surface area contributed by atoms with E-state index in [9.17, 15) is 19.2 Å². The number of benzene rings is 5. The lowest BCUT2D eigenvalue weighted by Crippen LogP contribution is -2.67. The highest BCUT2D eigenvalue weighted by Gasteiger charge is 2.51. The SMILES string of the molecule is C[C@@H]1C[C@@H](C(=O)N(CCC(=O)CO[Si](c2ccccc2)(c2ccccc2)C(C)(C)C)[C@H](CCC(=O)OC(C)(C)C)C(=O)CCc2ccc(Cl)c(Cl)c2)N(C(=O)OCC2c3ccccc3-c3ccccc32)C1. The molecule has 1 aliphatic carbocycles. The Bertz CT molecular complexity index is 2620. The van der Waals surface area contributed by atoms with Crippen LogP contribution >= 0.6 is 23.2 Å². The van der Waals surface area contributed by atoms with E-state index < -0.39 is 49.0 Å². The highest BCUT2D eigenvalue weighted by atomic mass is 35.5. The van der Waals surface area contributed by atoms with Gasteiger partial charge in [-0.1, -0.05) is 166 Å². The van der Waals surface area contributed by atoms with Gasteiger partial charge < -0.3 is 18.8 Å². The van der Waals surface area contributed by atoms with Gasteiger partial charge in [-0.25, -0.2) is 4.79 Å². The molecule has 0 spiro atoms. The van der Waals surface area contributed by atoms with E-state index in [0.717, 1.165) is 38.2 Å². The zero-order chi connectivity index (χ0) is 51.1. The van der Waals surface area contributed by atoms with E-state index in [-0.39, 0.29) is 81.8 Å². The maximum Gasteiger partial charge on any atom is 0.410 e. The number of hydrogen-bond donors (Lipinski definition) is 0. The second-order valence-corrected chi connectivity index (χ2v) is 26.1. The molecule has 2 amide bonds. The molecule has 5 aromatic rings. The van der Waals surface area contributed by atoms with E-state index in [0.29, 0.717) is 16.5 Å². The number of ether oxygens (including phenoxy) is 2. The molecule has 13 heteroatoms. The number of nitrogens with zero attached hydrogens (tertiary/aromatic N) is 2. The van der Waals surface area contributed by atoms with Crippen LogP contribution in [0.5, 0.6) is 0 Å². The molecule has 10 nitrogen and oxygen atoms in total. The molecule has 0 aromatic heterocycles. The van der Waals surface area contributed by atoms with Gasteiger partial charge in [0.05, 0.1) is 22.7 Å². The van der Waals surface area contributed by atoms with Crippen molar-refractivity contribution in [1.29, 1.82) is 0 Å². The van der Waals surface area contributed by atoms with Gasteiger partial charge in [0.1, 0.15) is 18.2 Å². The van der Waals surface area contributed by atoms with Gasteiger partial charge in [-0.3, -0.25) is 24.1 Å². The largest absolute Gasteiger partial charge is 0.460 e. The first kappa shape index (κ1) is 53.2. The average Bonchev–Trinajstić information content (AvgIpc) is 3.89. The fourth-order valence-electron chi connectivity index (χ4n) is 10.3. The maximum absolute atomic E-state index is 15.4. The summed E-state index contributed by atoms with van der Waals surface area (Å²) in [5.41, 5.74) is 4.28. The Balaban J connectivity index is 1.18. The number of esters is 1. The van der Waals surface area contributed by atoms with Crippen molar-refractivity contribution in [1.82, 2.24) is 9.80 Å². The standard InChI is InChI=1S/C58H66Cl2N2O8Si/c1-39-34-52(62(36-39)56(67)68-38-48-46-24-16-14-22-44(46)45-23-15-17-25-47(45)48)55(66)61(51(29-31-54(65)70-57(2,3)4)53(64)30-27-40-26-28-49(59)50(60)35-40)33-32-41(63)37-69-71(58(5,6)7,42-18-10-8-11-19-42)43-20-12-9-13-21-43/h8-26,28,35,39,48,51-52H,27,29-34,36-38H2,1-7H3/t39-,51-,52+/m1/s1. The predicted molar refractivity (Wildman–Crippen MR) is 283 cm³/mol. The Hall–Kier alpha value is -5.59. The number of aryl methyl sites for hydroxylation is 1. The lowest BCUT2D eigenvalue weighted by Gasteiger charge is -2.43. The second kappa shape index (κ2) is 22.9. The van der Waals surface area contributed by atoms with Crippen LogP contribution in [0.25, 0.3) is 11.1 Å². The number of Topliss-reactive ketones (excluding diaryl/α,β-unsaturated/α-hetero) is 2. The molecular formula is C58H66Cl2N2O8Si. The van der Waals surface area contributed by atoms with Crippen LogP contribution in [0.3, 0.4) is 0 Å². The predicted octanol–water partition coefficient (Wildman–Crippen LogP) is 11.0. The average molecular weight is 1020 g/mol. The van der Waals surface area contributed by atoms with Crippen molar-refractivity contribution in [3.8, 4) is 11.1 Å². The Labute approximate surface area is 430 Å². The van der Waals surface area contributed by atoms with E-state index in [4.69, 9.17) is 37.1 Å². The van der Waals surface area contributed by atoms with E-state index >= 15 is 4.79 Å². The van der Waals surface area contributed by atoms with Gasteiger partial charge >= 0.3 is 12.1 Å². The van der Waals surface area contributed by atoms with Crippen molar-refractivity contribution in [2.45, 2.75) is 116 Å². The van der Waals surface area contributed by atoms with Crippen LogP contribution in [0.2, 0.25) is 15.1 Å². The summed E-state index contributed by atoms with van der Waals surface area (Å²) in [6.07, 6.45) is -0.463. The number of carbonyl (C=O) groups excluding carboxylic acids is 5. The van der Waals surface area contributed by atoms with Crippen molar-refractivity contribution in [2.75, 3.05) is 26.3 Å². The summed E-state index contributed by atoms with van der Waals surface area (Å²) in [5, 5.41) is 2.36. The van der Waals surface area contributed by atoms with E-state index in [2.05, 4.69) is 57.2 Å². The van der Waals surface area contributed by atoms with Crippen LogP contribution in [0.4, 0.5) is 4.79 Å². The molecule has 3 atom stereocenters. The molecule has 71 heavy (non-hydrogen) atoms. The maximum atomic E-state index is 15.4. The molecule has 1 fully saturated rings. The quantitative estimate of drug-likeness (QED) is 0.0593. The topological polar surface area (TPSA) is 120 Å². The summed E-state index contributed by atoms with van der Waals surface area (Å²) in [6.45, 7) is 13.6. The molecule has 7 rings (SSSR count). The van der Waals surface area contributed by atoms with Gasteiger partial charge in [-0.2, -0.15) is 0 Å². The first-order valence-corrected chi connectivity index (χ1v) is 27.3. The minimum atomic E-state index is -3.12. The summed E-state index contributed by atoms with van der Waals surface area (Å²) in [6, 6.07) is 39.2. The lowest BCUT2D eigenvalue weighted by atomic mass is 9.96. The Morgan fingerprint density at radius 2 is 1.31 bits per heavy atom. The monoisotopic (exact) mass is 1020 g/mol. The molecule has 0 saturated carbocycles. The first-order valence-electron chi connectivity index (χ1n) is 24.6. The summed E-state index contributed by atoms with van der Waals surface area (Å²) in [4.78, 5) is 75.2. The molecule has 0 N–H and O–H groups in total. The zero-order valence-corrected chi connectivity index (χ0v) is 44.4. The Morgan fingerprint density at radius 3 is 1.87 bits per heavy atom. The van der Waals surface area contributed by atoms with E-state index in [1.54, 1.807) is 39.0 Å². The van der Waals surface area contributed by atoms with Crippen LogP contribution < -0.4 is 10.4 Å². The molecule has 1 heterocycles. The van der Waals surface area contributed by atoms with Crippen LogP contribution in [0.15, 0.2) is 127 Å². The van der Waals surface area contributed by atoms with Crippen molar-refractivity contribution < 1.29 is 37.9 Å². The van der Waals surface area contributed by atoms with Gasteiger partial charge in [-0.15, -0.1) is 0 Å². The van der Waals surface area contributed by atoms with Gasteiger partial charge in [-0.05, 0) is 101 Å². The van der Waals surface area contributed by atoms with Crippen LogP contribution in [-0.2, 0) is 39.5 Å². The van der Waals surface area contributed by atoms with Crippen molar-refractivity contribution >= 4 is 71.4 Å². The number of rotatable bonds is 19. The second-order valence-electron chi connectivity index (χ2n) is 20.9. The molecule has 0 bridgehead atoms. The molecular weight excluding hydrogens is 952 g/mol. The van der Waals surface area contributed by atoms with E-state index in [1.807, 2.05) is 79.7 Å². The molecule has 1 saturated heterocycles. The number of ketones is 2. The summed E-state index contributed by atoms with van der Waals surface area (Å²) in [7, 11) is -3.12. The number of likely N-dealkylation sites (tertiary alicyclic amines) is 1. The number of fused-ring (bicyclic) bond motifs is 3. The van der Waals surface area contributed by atoms with Crippen molar-refractivity contribution in [2.24, 2.45) is 5.92 Å². The van der Waals surface area contributed by atoms with E-state index in [1.165, 1.54) is 9.80 Å². The van der Waals surface area contributed by atoms with Crippen LogP contribution in [0, 0.1) is 5.92 Å². The highest BCUT2D eigenvalue weighted by molar-refractivity contribution is 6.99. The third kappa shape index (κ3) is 12.5. The molecule has 5 aromatic carbocycles. The zero-order valence-electron chi connectivity index (χ0n) is 41.9. The Kier molecular flexibility index (Phi) is 17.1. The van der Waals surface area contributed by atoms with Crippen molar-refractivity contribution in [3.05, 3.63) is 154 Å². The molecule has 1 aliphatic heterocycles. The summed E-state index contributed by atoms with van der Waals surface area (Å²) >= 11 is 12.6. The Morgan fingerprint density at radius 1 is 0.732 bits per heavy atom. The van der Waals surface area contributed by atoms with Gasteiger partial charge in [0.2, 0.25) is 5.91 Å². The smallest absolute Gasteiger partial charge is 0.410 e. The lowest BCUT2D eigenvalue weighted by molar-refractivity contribution is -0.156. The highest BCUT2D eigenvalue weighted by Crippen LogP contribution is 2.45. The number of carbonyl (C=O) groups is 5. The van der Waals surface area contributed by atoms with Crippen molar-refractivity contribution in [3.63, 3.8) is 0 Å². The number of halogens is 2. The first-order chi connectivity index (χ1) is 33.8. The third-order valence-electron chi connectivity index (χ3n) is 13.6. The van der Waals surface area contributed by atoms with Gasteiger partial charge in [0.25, 0.3) is 8.32 Å². The molecule has 0 unspecified atom stereocenters. The number of hydrogen-bond acceptors (Lipinski definition) is 8. The van der Waals surface area contributed by atoms with Crippen LogP contribution in [0.1, 0.15) is 103 Å². The molecule has 2 aliphatic rings. The minimum absolute atomic E-state index is 0.0111. The minimum Gasteiger partial charge on any atom is -0.460 e. The summed E-state index contributed by atoms with van der Waals surface area (Å²) in [5.74, 6) is -1.89. The number of amides is 2. The fourth-order valence-corrected chi connectivity index (χ4v) is 15.2. The fraction of sp³-hybridized carbons (Fsp3) is 0.397. The normalized spacial score (nSPS) is 16.2. The van der Waals surface area contributed by atoms with Gasteiger partial charge in [0, 0.05) is 38.3 Å². The molecule has 0 radical (unpaired) electrons.